The molecule has 0 radical (unpaired) electrons. The van der Waals surface area contributed by atoms with Crippen LogP contribution in [0.1, 0.15) is 13.3 Å². The number of aliphatic hydroxyl groups is 1. The summed E-state index contributed by atoms with van der Waals surface area (Å²) in [6.45, 7) is 2.30. The van der Waals surface area contributed by atoms with Crippen molar-refractivity contribution in [3.63, 3.8) is 0 Å². The van der Waals surface area contributed by atoms with Gasteiger partial charge in [0.15, 0.2) is 0 Å². The van der Waals surface area contributed by atoms with E-state index >= 15 is 0 Å². The van der Waals surface area contributed by atoms with E-state index in [1.807, 2.05) is 31.2 Å². The molecule has 0 aliphatic rings. The Hall–Kier alpha value is -1.02. The van der Waals surface area contributed by atoms with Crippen LogP contribution in [0.3, 0.4) is 0 Å². The van der Waals surface area contributed by atoms with Crippen molar-refractivity contribution in [2.24, 2.45) is 0 Å². The highest BCUT2D eigenvalue weighted by Gasteiger charge is 2.10. The normalized spacial score (nSPS) is 12.6. The Morgan fingerprint density at radius 3 is 2.88 bits per heavy atom. The van der Waals surface area contributed by atoms with Crippen LogP contribution in [0.5, 0.6) is 0 Å². The molecule has 6 heteroatoms. The molecule has 1 aromatic heterocycles. The average Bonchev–Trinajstić information content (AvgIpc) is 2.78. The highest BCUT2D eigenvalue weighted by atomic mass is 127. The number of aliphatic hydroxyl groups excluding tert-OH is 1. The van der Waals surface area contributed by atoms with E-state index in [2.05, 4.69) is 38.0 Å². The molecular weight excluding hydrogens is 331 g/mol. The second-order valence-electron chi connectivity index (χ2n) is 3.71. The zero-order chi connectivity index (χ0) is 12.3. The van der Waals surface area contributed by atoms with E-state index in [0.717, 1.165) is 9.13 Å². The molecule has 2 aromatic rings. The highest BCUT2D eigenvalue weighted by molar-refractivity contribution is 14.1. The molecule has 1 aromatic carbocycles. The molecule has 0 fully saturated rings. The van der Waals surface area contributed by atoms with Crippen molar-refractivity contribution >= 4 is 22.6 Å². The third kappa shape index (κ3) is 3.01. The van der Waals surface area contributed by atoms with E-state index in [1.165, 1.54) is 4.80 Å². The number of halogens is 1. The Bertz CT molecular complexity index is 500. The van der Waals surface area contributed by atoms with Gasteiger partial charge in [-0.3, -0.25) is 0 Å². The van der Waals surface area contributed by atoms with Gasteiger partial charge in [-0.1, -0.05) is 19.1 Å². The van der Waals surface area contributed by atoms with Crippen molar-refractivity contribution in [3.8, 4) is 11.4 Å². The van der Waals surface area contributed by atoms with Crippen LogP contribution in [0.25, 0.3) is 11.4 Å². The second-order valence-corrected chi connectivity index (χ2v) is 4.87. The summed E-state index contributed by atoms with van der Waals surface area (Å²) in [5, 5.41) is 21.7. The number of hydrogen-bond acceptors (Lipinski definition) is 4. The van der Waals surface area contributed by atoms with Crippen LogP contribution in [0.15, 0.2) is 24.3 Å². The van der Waals surface area contributed by atoms with E-state index in [0.29, 0.717) is 18.8 Å². The maximum Gasteiger partial charge on any atom is 0.205 e. The van der Waals surface area contributed by atoms with Gasteiger partial charge in [-0.25, -0.2) is 0 Å². The fourth-order valence-corrected chi connectivity index (χ4v) is 2.02. The van der Waals surface area contributed by atoms with E-state index in [4.69, 9.17) is 0 Å². The fourth-order valence-electron chi connectivity index (χ4n) is 1.39. The molecule has 0 aliphatic heterocycles. The van der Waals surface area contributed by atoms with Crippen molar-refractivity contribution in [2.75, 3.05) is 0 Å². The lowest BCUT2D eigenvalue weighted by atomic mass is 10.2. The topological polar surface area (TPSA) is 63.8 Å². The molecule has 2 rings (SSSR count). The summed E-state index contributed by atoms with van der Waals surface area (Å²) in [4.78, 5) is 1.44. The Morgan fingerprint density at radius 1 is 1.41 bits per heavy atom. The molecule has 1 heterocycles. The molecule has 90 valence electrons. The van der Waals surface area contributed by atoms with Gasteiger partial charge < -0.3 is 5.11 Å². The lowest BCUT2D eigenvalue weighted by Crippen LogP contribution is -2.16. The number of tetrazole rings is 1. The standard InChI is InChI=1S/C11H13IN4O/c1-2-8(17)7-16-14-11(13-15-16)9-5-3-4-6-10(9)12/h3-6,8,17H,2,7H2,1H3/t8-/m1/s1. The van der Waals surface area contributed by atoms with Gasteiger partial charge in [0.05, 0.1) is 12.6 Å². The van der Waals surface area contributed by atoms with Crippen LogP contribution in [-0.4, -0.2) is 31.4 Å². The summed E-state index contributed by atoms with van der Waals surface area (Å²) in [7, 11) is 0. The van der Waals surface area contributed by atoms with Crippen LogP contribution in [0.4, 0.5) is 0 Å². The van der Waals surface area contributed by atoms with Gasteiger partial charge in [-0.2, -0.15) is 4.80 Å². The summed E-state index contributed by atoms with van der Waals surface area (Å²) >= 11 is 2.24. The number of nitrogens with zero attached hydrogens (tertiary/aromatic N) is 4. The minimum absolute atomic E-state index is 0.382. The first-order valence-corrected chi connectivity index (χ1v) is 6.49. The van der Waals surface area contributed by atoms with Gasteiger partial charge in [0, 0.05) is 9.13 Å². The molecule has 0 aliphatic carbocycles. The molecule has 1 N–H and O–H groups in total. The third-order valence-electron chi connectivity index (χ3n) is 2.41. The second kappa shape index (κ2) is 5.54. The third-order valence-corrected chi connectivity index (χ3v) is 3.35. The van der Waals surface area contributed by atoms with Gasteiger partial charge >= 0.3 is 0 Å². The maximum atomic E-state index is 9.52. The van der Waals surface area contributed by atoms with E-state index in [1.54, 1.807) is 0 Å². The first kappa shape index (κ1) is 12.4. The lowest BCUT2D eigenvalue weighted by Gasteiger charge is -2.04. The first-order valence-electron chi connectivity index (χ1n) is 5.41. The van der Waals surface area contributed by atoms with Gasteiger partial charge in [-0.15, -0.1) is 10.2 Å². The van der Waals surface area contributed by atoms with E-state index in [-0.39, 0.29) is 0 Å². The summed E-state index contributed by atoms with van der Waals surface area (Å²) in [6, 6.07) is 7.87. The van der Waals surface area contributed by atoms with Crippen LogP contribution in [-0.2, 0) is 6.54 Å². The zero-order valence-corrected chi connectivity index (χ0v) is 11.6. The van der Waals surface area contributed by atoms with Crippen LogP contribution in [0.2, 0.25) is 0 Å². The van der Waals surface area contributed by atoms with Crippen LogP contribution in [0, 0.1) is 3.57 Å². The fraction of sp³-hybridized carbons (Fsp3) is 0.364. The number of benzene rings is 1. The van der Waals surface area contributed by atoms with Gasteiger partial charge in [-0.05, 0) is 46.4 Å². The molecule has 17 heavy (non-hydrogen) atoms. The van der Waals surface area contributed by atoms with E-state index in [9.17, 15) is 5.11 Å². The number of rotatable bonds is 4. The van der Waals surface area contributed by atoms with Crippen molar-refractivity contribution < 1.29 is 5.11 Å². The first-order chi connectivity index (χ1) is 8.20. The molecule has 0 saturated carbocycles. The largest absolute Gasteiger partial charge is 0.391 e. The molecule has 1 atom stereocenters. The average molecular weight is 344 g/mol. The number of aromatic nitrogens is 4. The highest BCUT2D eigenvalue weighted by Crippen LogP contribution is 2.20. The molecule has 0 amide bonds. The van der Waals surface area contributed by atoms with Crippen molar-refractivity contribution in [1.29, 1.82) is 0 Å². The maximum absolute atomic E-state index is 9.52. The predicted octanol–water partition coefficient (Wildman–Crippen LogP) is 1.72. The summed E-state index contributed by atoms with van der Waals surface area (Å²) in [5.74, 6) is 0.596. The zero-order valence-electron chi connectivity index (χ0n) is 9.41. The quantitative estimate of drug-likeness (QED) is 0.858. The molecule has 0 unspecified atom stereocenters. The molecule has 0 spiro atoms. The monoisotopic (exact) mass is 344 g/mol. The Morgan fingerprint density at radius 2 is 2.18 bits per heavy atom. The summed E-state index contributed by atoms with van der Waals surface area (Å²) < 4.78 is 1.08. The van der Waals surface area contributed by atoms with Gasteiger partial charge in [0.1, 0.15) is 0 Å². The van der Waals surface area contributed by atoms with Gasteiger partial charge in [0.25, 0.3) is 0 Å². The number of hydrogen-bond donors (Lipinski definition) is 1. The minimum Gasteiger partial charge on any atom is -0.391 e. The molecular formula is C11H13IN4O. The Labute approximate surface area is 113 Å². The Balaban J connectivity index is 2.21. The van der Waals surface area contributed by atoms with Crippen molar-refractivity contribution in [2.45, 2.75) is 26.0 Å². The Kier molecular flexibility index (Phi) is 4.06. The van der Waals surface area contributed by atoms with E-state index < -0.39 is 6.10 Å². The van der Waals surface area contributed by atoms with Crippen LogP contribution < -0.4 is 0 Å². The smallest absolute Gasteiger partial charge is 0.205 e. The molecule has 0 saturated heterocycles. The predicted molar refractivity (Wildman–Crippen MR) is 72.3 cm³/mol. The van der Waals surface area contributed by atoms with Crippen molar-refractivity contribution in [1.82, 2.24) is 20.2 Å². The van der Waals surface area contributed by atoms with Crippen molar-refractivity contribution in [3.05, 3.63) is 27.8 Å². The molecule has 5 nitrogen and oxygen atoms in total. The molecule has 0 bridgehead atoms. The summed E-state index contributed by atoms with van der Waals surface area (Å²) in [6.07, 6.45) is 0.256. The van der Waals surface area contributed by atoms with Gasteiger partial charge in [0.2, 0.25) is 5.82 Å². The summed E-state index contributed by atoms with van der Waals surface area (Å²) in [5.41, 5.74) is 0.963. The SMILES string of the molecule is CC[C@@H](O)Cn1nnc(-c2ccccc2I)n1. The minimum atomic E-state index is -0.424. The lowest BCUT2D eigenvalue weighted by molar-refractivity contribution is 0.138. The van der Waals surface area contributed by atoms with Crippen LogP contribution >= 0.6 is 22.6 Å².